The topological polar surface area (TPSA) is 9.23 Å². The molecule has 0 aliphatic carbocycles. The highest BCUT2D eigenvalue weighted by Gasteiger charge is 2.23. The molecule has 0 saturated carbocycles. The molecule has 0 aromatic heterocycles. The van der Waals surface area contributed by atoms with E-state index in [0.29, 0.717) is 16.4 Å². The molecule has 1 aromatic rings. The Kier molecular flexibility index (Phi) is 3.28. The van der Waals surface area contributed by atoms with Gasteiger partial charge in [0.25, 0.3) is 0 Å². The number of halogens is 1. The first-order chi connectivity index (χ1) is 8.28. The summed E-state index contributed by atoms with van der Waals surface area (Å²) >= 11 is 1.50. The van der Waals surface area contributed by atoms with Crippen LogP contribution in [0, 0.1) is 5.82 Å². The fourth-order valence-corrected chi connectivity index (χ4v) is 2.81. The van der Waals surface area contributed by atoms with E-state index in [1.807, 2.05) is 25.1 Å². The standard InChI is InChI=1S/C15H17FOS/c1-9-8-10(2)17-14-11(9)6-7-12(13(14)16)18-15(3,4)5/h6-8H,2H2,1,3-5H3. The second kappa shape index (κ2) is 4.47. The van der Waals surface area contributed by atoms with E-state index in [2.05, 4.69) is 27.4 Å². The molecule has 18 heavy (non-hydrogen) atoms. The van der Waals surface area contributed by atoms with Crippen molar-refractivity contribution in [1.29, 1.82) is 0 Å². The van der Waals surface area contributed by atoms with Crippen LogP contribution in [0.25, 0.3) is 5.57 Å². The smallest absolute Gasteiger partial charge is 0.179 e. The summed E-state index contributed by atoms with van der Waals surface area (Å²) in [6.45, 7) is 11.8. The third-order valence-electron chi connectivity index (χ3n) is 2.51. The zero-order valence-corrected chi connectivity index (χ0v) is 12.0. The monoisotopic (exact) mass is 264 g/mol. The Morgan fingerprint density at radius 1 is 1.28 bits per heavy atom. The lowest BCUT2D eigenvalue weighted by molar-refractivity contribution is 0.402. The SMILES string of the molecule is C=C1C=C(C)c2ccc(SC(C)(C)C)c(F)c2O1. The molecule has 96 valence electrons. The average molecular weight is 264 g/mol. The van der Waals surface area contributed by atoms with Gasteiger partial charge in [-0.15, -0.1) is 11.8 Å². The van der Waals surface area contributed by atoms with Gasteiger partial charge in [0.15, 0.2) is 11.6 Å². The first-order valence-electron chi connectivity index (χ1n) is 5.85. The van der Waals surface area contributed by atoms with E-state index >= 15 is 0 Å². The van der Waals surface area contributed by atoms with Crippen LogP contribution in [0.4, 0.5) is 4.39 Å². The molecule has 1 heterocycles. The van der Waals surface area contributed by atoms with Crippen LogP contribution in [0.1, 0.15) is 33.3 Å². The van der Waals surface area contributed by atoms with E-state index in [1.165, 1.54) is 11.8 Å². The van der Waals surface area contributed by atoms with Gasteiger partial charge in [-0.3, -0.25) is 0 Å². The maximum Gasteiger partial charge on any atom is 0.179 e. The van der Waals surface area contributed by atoms with Crippen LogP contribution in [0.2, 0.25) is 0 Å². The maximum atomic E-state index is 14.4. The fraction of sp³-hybridized carbons (Fsp3) is 0.333. The van der Waals surface area contributed by atoms with Crippen LogP contribution < -0.4 is 4.74 Å². The maximum absolute atomic E-state index is 14.4. The number of rotatable bonds is 1. The van der Waals surface area contributed by atoms with Crippen molar-refractivity contribution in [3.05, 3.63) is 41.9 Å². The molecule has 2 rings (SSSR count). The van der Waals surface area contributed by atoms with Crippen molar-refractivity contribution < 1.29 is 9.13 Å². The number of ether oxygens (including phenoxy) is 1. The Morgan fingerprint density at radius 3 is 2.56 bits per heavy atom. The van der Waals surface area contributed by atoms with Gasteiger partial charge in [0.2, 0.25) is 0 Å². The third kappa shape index (κ3) is 2.61. The van der Waals surface area contributed by atoms with Crippen molar-refractivity contribution in [2.75, 3.05) is 0 Å². The van der Waals surface area contributed by atoms with Crippen LogP contribution >= 0.6 is 11.8 Å². The molecule has 3 heteroatoms. The molecule has 1 nitrogen and oxygen atoms in total. The lowest BCUT2D eigenvalue weighted by Gasteiger charge is -2.22. The van der Waals surface area contributed by atoms with Gasteiger partial charge >= 0.3 is 0 Å². The summed E-state index contributed by atoms with van der Waals surface area (Å²) < 4.78 is 19.8. The Morgan fingerprint density at radius 2 is 1.94 bits per heavy atom. The molecule has 0 spiro atoms. The van der Waals surface area contributed by atoms with E-state index in [4.69, 9.17) is 4.74 Å². The van der Waals surface area contributed by atoms with E-state index in [0.717, 1.165) is 11.1 Å². The minimum atomic E-state index is -0.291. The first-order valence-corrected chi connectivity index (χ1v) is 6.66. The molecule has 0 amide bonds. The van der Waals surface area contributed by atoms with Crippen molar-refractivity contribution in [3.8, 4) is 5.75 Å². The molecule has 1 aliphatic heterocycles. The molecule has 0 fully saturated rings. The largest absolute Gasteiger partial charge is 0.454 e. The van der Waals surface area contributed by atoms with Crippen LogP contribution in [0.5, 0.6) is 5.75 Å². The van der Waals surface area contributed by atoms with E-state index < -0.39 is 0 Å². The molecular formula is C15H17FOS. The van der Waals surface area contributed by atoms with Crippen molar-refractivity contribution in [2.24, 2.45) is 0 Å². The predicted octanol–water partition coefficient (Wildman–Crippen LogP) is 5.03. The van der Waals surface area contributed by atoms with Crippen molar-refractivity contribution in [3.63, 3.8) is 0 Å². The Bertz CT molecular complexity index is 538. The van der Waals surface area contributed by atoms with Gasteiger partial charge in [-0.1, -0.05) is 27.4 Å². The van der Waals surface area contributed by atoms with Crippen LogP contribution in [0.3, 0.4) is 0 Å². The quantitative estimate of drug-likeness (QED) is 0.658. The lowest BCUT2D eigenvalue weighted by atomic mass is 10.0. The van der Waals surface area contributed by atoms with Gasteiger partial charge < -0.3 is 4.74 Å². The number of benzene rings is 1. The third-order valence-corrected chi connectivity index (χ3v) is 3.66. The van der Waals surface area contributed by atoms with Crippen LogP contribution in [0.15, 0.2) is 35.4 Å². The second-order valence-corrected chi connectivity index (χ2v) is 7.23. The molecule has 1 aliphatic rings. The Balaban J connectivity index is 2.49. The zero-order valence-electron chi connectivity index (χ0n) is 11.1. The van der Waals surface area contributed by atoms with E-state index in [1.54, 1.807) is 0 Å². The van der Waals surface area contributed by atoms with Crippen molar-refractivity contribution in [1.82, 2.24) is 0 Å². The number of allylic oxidation sites excluding steroid dienone is 2. The molecule has 0 N–H and O–H groups in total. The fourth-order valence-electron chi connectivity index (χ4n) is 1.84. The van der Waals surface area contributed by atoms with E-state index in [-0.39, 0.29) is 10.6 Å². The number of fused-ring (bicyclic) bond motifs is 1. The van der Waals surface area contributed by atoms with Gasteiger partial charge in [0, 0.05) is 15.2 Å². The predicted molar refractivity (Wildman–Crippen MR) is 75.4 cm³/mol. The Hall–Kier alpha value is -1.22. The molecule has 1 aromatic carbocycles. The first kappa shape index (κ1) is 13.2. The van der Waals surface area contributed by atoms with Crippen molar-refractivity contribution >= 4 is 17.3 Å². The minimum absolute atomic E-state index is 0.0361. The van der Waals surface area contributed by atoms with Gasteiger partial charge in [-0.05, 0) is 30.7 Å². The summed E-state index contributed by atoms with van der Waals surface area (Å²) in [6.07, 6.45) is 1.82. The molecule has 0 saturated heterocycles. The summed E-state index contributed by atoms with van der Waals surface area (Å²) in [5.74, 6) is 0.493. The Labute approximate surface area is 112 Å². The number of hydrogen-bond acceptors (Lipinski definition) is 2. The summed E-state index contributed by atoms with van der Waals surface area (Å²) in [6, 6.07) is 3.73. The van der Waals surface area contributed by atoms with Gasteiger partial charge in [0.1, 0.15) is 5.76 Å². The van der Waals surface area contributed by atoms with Gasteiger partial charge in [-0.2, -0.15) is 0 Å². The highest BCUT2D eigenvalue weighted by molar-refractivity contribution is 8.00. The summed E-state index contributed by atoms with van der Waals surface area (Å²) in [7, 11) is 0. The highest BCUT2D eigenvalue weighted by Crippen LogP contribution is 2.42. The number of hydrogen-bond donors (Lipinski definition) is 0. The lowest BCUT2D eigenvalue weighted by Crippen LogP contribution is -2.09. The van der Waals surface area contributed by atoms with Gasteiger partial charge in [-0.25, -0.2) is 4.39 Å². The van der Waals surface area contributed by atoms with E-state index in [9.17, 15) is 4.39 Å². The van der Waals surface area contributed by atoms with Crippen molar-refractivity contribution in [2.45, 2.75) is 37.3 Å². The zero-order chi connectivity index (χ0) is 13.5. The molecule has 0 bridgehead atoms. The normalized spacial score (nSPS) is 14.9. The summed E-state index contributed by atoms with van der Waals surface area (Å²) in [5.41, 5.74) is 1.78. The molecule has 0 atom stereocenters. The molecular weight excluding hydrogens is 247 g/mol. The van der Waals surface area contributed by atoms with Crippen LogP contribution in [-0.4, -0.2) is 4.75 Å². The number of thioether (sulfide) groups is 1. The van der Waals surface area contributed by atoms with Gasteiger partial charge in [0.05, 0.1) is 0 Å². The summed E-state index contributed by atoms with van der Waals surface area (Å²) in [5, 5.41) is 0. The van der Waals surface area contributed by atoms with Crippen LogP contribution in [-0.2, 0) is 0 Å². The highest BCUT2D eigenvalue weighted by atomic mass is 32.2. The minimum Gasteiger partial charge on any atom is -0.454 e. The molecule has 0 radical (unpaired) electrons. The average Bonchev–Trinajstić information content (AvgIpc) is 2.21. The molecule has 0 unspecified atom stereocenters. The second-order valence-electron chi connectivity index (χ2n) is 5.36. The summed E-state index contributed by atoms with van der Waals surface area (Å²) in [4.78, 5) is 0.615.